The monoisotopic (exact) mass is 225 g/mol. The SMILES string of the molecule is OCc1ccc(Sc2nncs2)nc1. The van der Waals surface area contributed by atoms with Gasteiger partial charge in [-0.1, -0.05) is 17.4 Å². The van der Waals surface area contributed by atoms with E-state index in [1.54, 1.807) is 11.7 Å². The van der Waals surface area contributed by atoms with E-state index in [2.05, 4.69) is 15.2 Å². The van der Waals surface area contributed by atoms with Crippen molar-refractivity contribution in [2.75, 3.05) is 0 Å². The van der Waals surface area contributed by atoms with Gasteiger partial charge in [-0.05, 0) is 23.4 Å². The molecule has 0 saturated heterocycles. The summed E-state index contributed by atoms with van der Waals surface area (Å²) in [6.45, 7) is 0.0246. The second-order valence-corrected chi connectivity index (χ2v) is 4.57. The summed E-state index contributed by atoms with van der Waals surface area (Å²) < 4.78 is 0.870. The van der Waals surface area contributed by atoms with Gasteiger partial charge in [-0.25, -0.2) is 4.98 Å². The third kappa shape index (κ3) is 2.28. The molecule has 6 heteroatoms. The Morgan fingerprint density at radius 2 is 2.36 bits per heavy atom. The summed E-state index contributed by atoms with van der Waals surface area (Å²) in [6, 6.07) is 3.70. The highest BCUT2D eigenvalue weighted by Crippen LogP contribution is 2.26. The topological polar surface area (TPSA) is 58.9 Å². The number of hydrogen-bond acceptors (Lipinski definition) is 6. The van der Waals surface area contributed by atoms with Crippen LogP contribution in [0.4, 0.5) is 0 Å². The Balaban J connectivity index is 2.10. The van der Waals surface area contributed by atoms with Gasteiger partial charge in [0.15, 0.2) is 4.34 Å². The smallest absolute Gasteiger partial charge is 0.180 e. The zero-order valence-electron chi connectivity index (χ0n) is 7.12. The van der Waals surface area contributed by atoms with Crippen LogP contribution in [0.25, 0.3) is 0 Å². The van der Waals surface area contributed by atoms with Crippen LogP contribution in [0.5, 0.6) is 0 Å². The molecule has 0 amide bonds. The summed E-state index contributed by atoms with van der Waals surface area (Å²) in [6.07, 6.45) is 1.66. The Kier molecular flexibility index (Phi) is 3.07. The number of aliphatic hydroxyl groups is 1. The molecule has 0 bridgehead atoms. The summed E-state index contributed by atoms with van der Waals surface area (Å²) >= 11 is 2.94. The lowest BCUT2D eigenvalue weighted by Crippen LogP contribution is -1.85. The second-order valence-electron chi connectivity index (χ2n) is 2.47. The molecular weight excluding hydrogens is 218 g/mol. The van der Waals surface area contributed by atoms with Gasteiger partial charge >= 0.3 is 0 Å². The summed E-state index contributed by atoms with van der Waals surface area (Å²) in [5, 5.41) is 17.3. The van der Waals surface area contributed by atoms with Gasteiger partial charge in [-0.3, -0.25) is 0 Å². The summed E-state index contributed by atoms with van der Waals surface area (Å²) in [5.41, 5.74) is 2.50. The maximum Gasteiger partial charge on any atom is 0.180 e. The molecule has 0 radical (unpaired) electrons. The Hall–Kier alpha value is -0.980. The van der Waals surface area contributed by atoms with Crippen molar-refractivity contribution in [1.29, 1.82) is 0 Å². The Morgan fingerprint density at radius 1 is 1.43 bits per heavy atom. The number of nitrogens with zero attached hydrogens (tertiary/aromatic N) is 3. The highest BCUT2D eigenvalue weighted by molar-refractivity contribution is 8.00. The van der Waals surface area contributed by atoms with Crippen LogP contribution in [0.3, 0.4) is 0 Å². The lowest BCUT2D eigenvalue weighted by molar-refractivity contribution is 0.281. The van der Waals surface area contributed by atoms with Crippen LogP contribution in [-0.2, 0) is 6.61 Å². The Labute approximate surface area is 89.0 Å². The van der Waals surface area contributed by atoms with Crippen LogP contribution >= 0.6 is 23.1 Å². The van der Waals surface area contributed by atoms with E-state index in [0.29, 0.717) is 0 Å². The highest BCUT2D eigenvalue weighted by Gasteiger charge is 2.01. The van der Waals surface area contributed by atoms with Gasteiger partial charge < -0.3 is 5.11 Å². The molecular formula is C8H7N3OS2. The minimum absolute atomic E-state index is 0.0246. The van der Waals surface area contributed by atoms with E-state index in [1.807, 2.05) is 12.1 Å². The van der Waals surface area contributed by atoms with Gasteiger partial charge in [0, 0.05) is 6.20 Å². The average Bonchev–Trinajstić information content (AvgIpc) is 2.72. The van der Waals surface area contributed by atoms with Gasteiger partial charge in [0.1, 0.15) is 10.5 Å². The molecule has 2 rings (SSSR count). The van der Waals surface area contributed by atoms with Crippen molar-refractivity contribution in [2.45, 2.75) is 16.0 Å². The minimum atomic E-state index is 0.0246. The van der Waals surface area contributed by atoms with Gasteiger partial charge in [0.2, 0.25) is 0 Å². The maximum absolute atomic E-state index is 8.82. The van der Waals surface area contributed by atoms with Crippen LogP contribution in [0.15, 0.2) is 33.2 Å². The Morgan fingerprint density at radius 3 is 2.93 bits per heavy atom. The predicted molar refractivity (Wildman–Crippen MR) is 54.2 cm³/mol. The molecule has 0 aromatic carbocycles. The van der Waals surface area contributed by atoms with Gasteiger partial charge in [-0.15, -0.1) is 10.2 Å². The first-order valence-electron chi connectivity index (χ1n) is 3.88. The van der Waals surface area contributed by atoms with Crippen LogP contribution in [0.2, 0.25) is 0 Å². The van der Waals surface area contributed by atoms with E-state index < -0.39 is 0 Å². The van der Waals surface area contributed by atoms with Crippen LogP contribution in [0.1, 0.15) is 5.56 Å². The largest absolute Gasteiger partial charge is 0.392 e. The van der Waals surface area contributed by atoms with Gasteiger partial charge in [0.05, 0.1) is 6.61 Å². The predicted octanol–water partition coefficient (Wildman–Crippen LogP) is 1.58. The van der Waals surface area contributed by atoms with Crippen molar-refractivity contribution in [1.82, 2.24) is 15.2 Å². The van der Waals surface area contributed by atoms with E-state index in [4.69, 9.17) is 5.11 Å². The van der Waals surface area contributed by atoms with Crippen molar-refractivity contribution in [3.63, 3.8) is 0 Å². The van der Waals surface area contributed by atoms with Crippen molar-refractivity contribution in [3.8, 4) is 0 Å². The van der Waals surface area contributed by atoms with Crippen molar-refractivity contribution in [3.05, 3.63) is 29.4 Å². The van der Waals surface area contributed by atoms with Crippen molar-refractivity contribution in [2.24, 2.45) is 0 Å². The number of pyridine rings is 1. The maximum atomic E-state index is 8.82. The number of hydrogen-bond donors (Lipinski definition) is 1. The fourth-order valence-electron chi connectivity index (χ4n) is 0.862. The standard InChI is InChI=1S/C8H7N3OS2/c12-4-6-1-2-7(9-3-6)14-8-11-10-5-13-8/h1-3,5,12H,4H2. The molecule has 0 atom stereocenters. The molecule has 0 aliphatic carbocycles. The molecule has 2 aromatic rings. The molecule has 0 saturated carbocycles. The summed E-state index contributed by atoms with van der Waals surface area (Å²) in [7, 11) is 0. The highest BCUT2D eigenvalue weighted by atomic mass is 32.2. The zero-order valence-corrected chi connectivity index (χ0v) is 8.75. The van der Waals surface area contributed by atoms with Crippen LogP contribution in [0, 0.1) is 0 Å². The second kappa shape index (κ2) is 4.50. The van der Waals surface area contributed by atoms with E-state index in [-0.39, 0.29) is 6.61 Å². The zero-order chi connectivity index (χ0) is 9.80. The fraction of sp³-hybridized carbons (Fsp3) is 0.125. The van der Waals surface area contributed by atoms with Crippen molar-refractivity contribution < 1.29 is 5.11 Å². The van der Waals surface area contributed by atoms with E-state index >= 15 is 0 Å². The fourth-order valence-corrected chi connectivity index (χ4v) is 2.23. The molecule has 0 fully saturated rings. The average molecular weight is 225 g/mol. The molecule has 2 aromatic heterocycles. The lowest BCUT2D eigenvalue weighted by atomic mass is 10.3. The molecule has 0 aliphatic heterocycles. The summed E-state index contributed by atoms with van der Waals surface area (Å²) in [4.78, 5) is 4.17. The van der Waals surface area contributed by atoms with Crippen LogP contribution < -0.4 is 0 Å². The molecule has 0 aliphatic rings. The summed E-state index contributed by atoms with van der Waals surface area (Å²) in [5.74, 6) is 0. The third-order valence-corrected chi connectivity index (χ3v) is 3.24. The van der Waals surface area contributed by atoms with E-state index in [1.165, 1.54) is 23.1 Å². The number of rotatable bonds is 3. The van der Waals surface area contributed by atoms with Crippen molar-refractivity contribution >= 4 is 23.1 Å². The normalized spacial score (nSPS) is 10.4. The first-order chi connectivity index (χ1) is 6.88. The molecule has 4 nitrogen and oxygen atoms in total. The van der Waals surface area contributed by atoms with Gasteiger partial charge in [-0.2, -0.15) is 0 Å². The molecule has 0 spiro atoms. The first-order valence-corrected chi connectivity index (χ1v) is 5.58. The first kappa shape index (κ1) is 9.57. The minimum Gasteiger partial charge on any atom is -0.392 e. The quantitative estimate of drug-likeness (QED) is 0.859. The van der Waals surface area contributed by atoms with Crippen LogP contribution in [-0.4, -0.2) is 20.3 Å². The molecule has 0 unspecified atom stereocenters. The number of aliphatic hydroxyl groups excluding tert-OH is 1. The number of aromatic nitrogens is 3. The lowest BCUT2D eigenvalue weighted by Gasteiger charge is -1.97. The molecule has 2 heterocycles. The van der Waals surface area contributed by atoms with E-state index in [9.17, 15) is 0 Å². The Bertz CT molecular complexity index is 387. The van der Waals surface area contributed by atoms with Gasteiger partial charge in [0.25, 0.3) is 0 Å². The third-order valence-electron chi connectivity index (χ3n) is 1.51. The van der Waals surface area contributed by atoms with E-state index in [0.717, 1.165) is 14.9 Å². The molecule has 14 heavy (non-hydrogen) atoms. The molecule has 72 valence electrons. The molecule has 1 N–H and O–H groups in total.